The lowest BCUT2D eigenvalue weighted by molar-refractivity contribution is -0.169. The zero-order valence-corrected chi connectivity index (χ0v) is 23.5. The Balaban J connectivity index is 1.55. The minimum Gasteiger partial charge on any atom is -0.353 e. The molecule has 186 valence electrons. The Hall–Kier alpha value is -1.29. The topological polar surface area (TPSA) is 36.9 Å². The SMILES string of the molecule is C[Si](C)(c1ccccc1COC1CCCCO1)[Si](C)(C)c1ccccc1COC1CCCCO1. The second-order valence-electron chi connectivity index (χ2n) is 10.8. The Morgan fingerprint density at radius 3 is 1.44 bits per heavy atom. The zero-order valence-electron chi connectivity index (χ0n) is 21.5. The molecule has 2 unspecified atom stereocenters. The lowest BCUT2D eigenvalue weighted by Gasteiger charge is -2.41. The largest absolute Gasteiger partial charge is 0.353 e. The Bertz CT molecular complexity index is 843. The fraction of sp³-hybridized carbons (Fsp3) is 0.571. The molecule has 0 spiro atoms. The molecule has 2 fully saturated rings. The van der Waals surface area contributed by atoms with Gasteiger partial charge in [0.05, 0.1) is 28.4 Å². The Kier molecular flexibility index (Phi) is 8.83. The van der Waals surface area contributed by atoms with E-state index in [1.54, 1.807) is 0 Å². The van der Waals surface area contributed by atoms with Gasteiger partial charge in [0.1, 0.15) is 0 Å². The van der Waals surface area contributed by atoms with Crippen molar-refractivity contribution in [1.82, 2.24) is 0 Å². The van der Waals surface area contributed by atoms with E-state index in [-0.39, 0.29) is 12.6 Å². The Morgan fingerprint density at radius 2 is 1.06 bits per heavy atom. The maximum absolute atomic E-state index is 6.23. The lowest BCUT2D eigenvalue weighted by atomic mass is 10.2. The molecule has 2 saturated heterocycles. The van der Waals surface area contributed by atoms with E-state index in [0.29, 0.717) is 13.2 Å². The number of benzene rings is 2. The molecule has 2 heterocycles. The standard InChI is InChI=1S/C28H42O4Si2/c1-33(2,25-15-7-5-13-23(25)21-31-27-17-9-11-19-29-27)34(3,4)26-16-8-6-14-24(26)22-32-28-18-10-12-20-30-28/h5-8,13-16,27-28H,9-12,17-22H2,1-4H3. The second kappa shape index (κ2) is 11.6. The van der Waals surface area contributed by atoms with Gasteiger partial charge < -0.3 is 18.9 Å². The third-order valence-corrected chi connectivity index (χ3v) is 25.9. The van der Waals surface area contributed by atoms with Gasteiger partial charge in [-0.3, -0.25) is 0 Å². The van der Waals surface area contributed by atoms with Gasteiger partial charge in [0.25, 0.3) is 0 Å². The van der Waals surface area contributed by atoms with Gasteiger partial charge >= 0.3 is 0 Å². The predicted octanol–water partition coefficient (Wildman–Crippen LogP) is 5.38. The summed E-state index contributed by atoms with van der Waals surface area (Å²) >= 11 is 0. The fourth-order valence-corrected chi connectivity index (χ4v) is 15.0. The van der Waals surface area contributed by atoms with Gasteiger partial charge in [-0.15, -0.1) is 0 Å². The first-order valence-corrected chi connectivity index (χ1v) is 20.0. The van der Waals surface area contributed by atoms with Crippen LogP contribution in [0.25, 0.3) is 0 Å². The van der Waals surface area contributed by atoms with Crippen LogP contribution in [0, 0.1) is 0 Å². The van der Waals surface area contributed by atoms with Gasteiger partial charge in [-0.2, -0.15) is 0 Å². The second-order valence-corrected chi connectivity index (χ2v) is 25.9. The maximum atomic E-state index is 6.23. The molecule has 6 heteroatoms. The van der Waals surface area contributed by atoms with E-state index in [1.165, 1.54) is 34.3 Å². The first kappa shape index (κ1) is 25.8. The average Bonchev–Trinajstić information content (AvgIpc) is 2.87. The van der Waals surface area contributed by atoms with Crippen LogP contribution in [0.2, 0.25) is 26.2 Å². The van der Waals surface area contributed by atoms with Gasteiger partial charge in [0.15, 0.2) is 12.6 Å². The summed E-state index contributed by atoms with van der Waals surface area (Å²) in [6, 6.07) is 17.9. The van der Waals surface area contributed by atoms with Crippen LogP contribution in [-0.2, 0) is 32.2 Å². The van der Waals surface area contributed by atoms with E-state index in [2.05, 4.69) is 74.7 Å². The summed E-state index contributed by atoms with van der Waals surface area (Å²) in [5.41, 5.74) is 2.66. The maximum Gasteiger partial charge on any atom is 0.158 e. The Morgan fingerprint density at radius 1 is 0.647 bits per heavy atom. The van der Waals surface area contributed by atoms with E-state index >= 15 is 0 Å². The fourth-order valence-electron chi connectivity index (χ4n) is 5.24. The molecule has 2 aliphatic heterocycles. The summed E-state index contributed by atoms with van der Waals surface area (Å²) in [6.07, 6.45) is 6.56. The highest BCUT2D eigenvalue weighted by Crippen LogP contribution is 2.24. The average molecular weight is 499 g/mol. The first-order valence-electron chi connectivity index (χ1n) is 13.0. The van der Waals surface area contributed by atoms with E-state index in [4.69, 9.17) is 18.9 Å². The minimum atomic E-state index is -1.85. The summed E-state index contributed by atoms with van der Waals surface area (Å²) in [5, 5.41) is 3.04. The minimum absolute atomic E-state index is 0.0586. The van der Waals surface area contributed by atoms with Crippen LogP contribution in [0.4, 0.5) is 0 Å². The number of ether oxygens (including phenoxy) is 4. The number of rotatable bonds is 9. The van der Waals surface area contributed by atoms with Crippen molar-refractivity contribution in [2.45, 2.75) is 90.5 Å². The predicted molar refractivity (Wildman–Crippen MR) is 144 cm³/mol. The summed E-state index contributed by atoms with van der Waals surface area (Å²) < 4.78 is 24.1. The third kappa shape index (κ3) is 5.91. The van der Waals surface area contributed by atoms with Gasteiger partial charge in [-0.25, -0.2) is 0 Å². The summed E-state index contributed by atoms with van der Waals surface area (Å²) in [4.78, 5) is 0. The monoisotopic (exact) mass is 498 g/mol. The molecule has 2 aliphatic rings. The molecule has 0 amide bonds. The molecule has 0 bridgehead atoms. The highest BCUT2D eigenvalue weighted by molar-refractivity contribution is 7.50. The van der Waals surface area contributed by atoms with Crippen LogP contribution in [0.3, 0.4) is 0 Å². The van der Waals surface area contributed by atoms with E-state index < -0.39 is 15.2 Å². The van der Waals surface area contributed by atoms with Crippen molar-refractivity contribution in [3.8, 4) is 0 Å². The zero-order chi connectivity index (χ0) is 24.0. The van der Waals surface area contributed by atoms with Gasteiger partial charge in [0.2, 0.25) is 0 Å². The quantitative estimate of drug-likeness (QED) is 0.435. The van der Waals surface area contributed by atoms with Crippen molar-refractivity contribution < 1.29 is 18.9 Å². The van der Waals surface area contributed by atoms with Crippen LogP contribution in [0.1, 0.15) is 49.7 Å². The highest BCUT2D eigenvalue weighted by Gasteiger charge is 2.45. The van der Waals surface area contributed by atoms with Crippen molar-refractivity contribution in [3.05, 3.63) is 59.7 Å². The summed E-state index contributed by atoms with van der Waals surface area (Å²) in [5.74, 6) is 0. The molecule has 0 aromatic heterocycles. The molecule has 0 radical (unpaired) electrons. The van der Waals surface area contributed by atoms with Crippen molar-refractivity contribution in [2.24, 2.45) is 0 Å². The molecule has 2 aromatic rings. The molecular formula is C28H42O4Si2. The van der Waals surface area contributed by atoms with Gasteiger partial charge in [-0.05, 0) is 49.7 Å². The van der Waals surface area contributed by atoms with E-state index in [9.17, 15) is 0 Å². The summed E-state index contributed by atoms with van der Waals surface area (Å²) in [6.45, 7) is 13.1. The summed E-state index contributed by atoms with van der Waals surface area (Å²) in [7, 11) is -3.70. The van der Waals surface area contributed by atoms with E-state index in [1.807, 2.05) is 0 Å². The number of hydrogen-bond acceptors (Lipinski definition) is 4. The molecule has 0 N–H and O–H groups in total. The third-order valence-electron chi connectivity index (χ3n) is 8.07. The van der Waals surface area contributed by atoms with Crippen molar-refractivity contribution in [2.75, 3.05) is 13.2 Å². The molecule has 0 aliphatic carbocycles. The lowest BCUT2D eigenvalue weighted by Crippen LogP contribution is -2.70. The number of hydrogen-bond donors (Lipinski definition) is 0. The molecular weight excluding hydrogens is 456 g/mol. The highest BCUT2D eigenvalue weighted by atomic mass is 29.3. The van der Waals surface area contributed by atoms with Crippen molar-refractivity contribution in [1.29, 1.82) is 0 Å². The molecule has 2 aromatic carbocycles. The van der Waals surface area contributed by atoms with Gasteiger partial charge in [0, 0.05) is 13.2 Å². The van der Waals surface area contributed by atoms with Crippen molar-refractivity contribution >= 4 is 25.6 Å². The van der Waals surface area contributed by atoms with Crippen LogP contribution in [-0.4, -0.2) is 41.0 Å². The van der Waals surface area contributed by atoms with Crippen LogP contribution < -0.4 is 10.4 Å². The normalized spacial score (nSPS) is 22.0. The van der Waals surface area contributed by atoms with Gasteiger partial charge in [-0.1, -0.05) is 85.1 Å². The van der Waals surface area contributed by atoms with E-state index in [0.717, 1.165) is 38.9 Å². The molecule has 4 rings (SSSR count). The van der Waals surface area contributed by atoms with Crippen molar-refractivity contribution in [3.63, 3.8) is 0 Å². The molecule has 2 atom stereocenters. The van der Waals surface area contributed by atoms with Crippen LogP contribution >= 0.6 is 0 Å². The van der Waals surface area contributed by atoms with Crippen LogP contribution in [0.15, 0.2) is 48.5 Å². The molecule has 0 saturated carbocycles. The first-order chi connectivity index (χ1) is 16.4. The smallest absolute Gasteiger partial charge is 0.158 e. The molecule has 34 heavy (non-hydrogen) atoms. The van der Waals surface area contributed by atoms with Crippen LogP contribution in [0.5, 0.6) is 0 Å². The Labute approximate surface area is 207 Å². The molecule has 4 nitrogen and oxygen atoms in total.